The lowest BCUT2D eigenvalue weighted by atomic mass is 9.96. The van der Waals surface area contributed by atoms with Crippen molar-refractivity contribution in [3.8, 4) is 0 Å². The maximum atomic E-state index is 6.23. The van der Waals surface area contributed by atoms with Crippen LogP contribution in [0.2, 0.25) is 5.02 Å². The number of aromatic nitrogens is 2. The van der Waals surface area contributed by atoms with E-state index >= 15 is 0 Å². The first kappa shape index (κ1) is 13.5. The number of nitrogens with zero attached hydrogens (tertiary/aromatic N) is 2. The number of hydrogen-bond acceptors (Lipinski definition) is 2. The fourth-order valence-electron chi connectivity index (χ4n) is 2.82. The van der Waals surface area contributed by atoms with E-state index in [1.54, 1.807) is 0 Å². The number of rotatable bonds is 4. The van der Waals surface area contributed by atoms with Crippen molar-refractivity contribution in [1.29, 1.82) is 0 Å². The molecule has 0 atom stereocenters. The molecule has 1 aliphatic carbocycles. The van der Waals surface area contributed by atoms with Gasteiger partial charge in [-0.3, -0.25) is 0 Å². The minimum atomic E-state index is 0.566. The van der Waals surface area contributed by atoms with Crippen LogP contribution in [0, 0.1) is 0 Å². The fourth-order valence-corrected chi connectivity index (χ4v) is 3.01. The predicted octanol–water partition coefficient (Wildman–Crippen LogP) is 4.33. The molecule has 1 N–H and O–H groups in total. The fraction of sp³-hybridized carbons (Fsp3) is 0.438. The minimum absolute atomic E-state index is 0.566. The van der Waals surface area contributed by atoms with Gasteiger partial charge in [0.1, 0.15) is 0 Å². The van der Waals surface area contributed by atoms with E-state index in [9.17, 15) is 0 Å². The van der Waals surface area contributed by atoms with E-state index in [1.807, 2.05) is 30.6 Å². The summed E-state index contributed by atoms with van der Waals surface area (Å²) < 4.78 is 2.13. The summed E-state index contributed by atoms with van der Waals surface area (Å²) in [6, 6.07) is 8.54. The van der Waals surface area contributed by atoms with Crippen molar-refractivity contribution in [2.75, 3.05) is 5.32 Å². The molecule has 0 aliphatic heterocycles. The van der Waals surface area contributed by atoms with E-state index in [0.717, 1.165) is 23.1 Å². The molecule has 106 valence electrons. The minimum Gasteiger partial charge on any atom is -0.353 e. The molecule has 3 nitrogen and oxygen atoms in total. The highest BCUT2D eigenvalue weighted by Crippen LogP contribution is 2.22. The van der Waals surface area contributed by atoms with Crippen LogP contribution in [0.3, 0.4) is 0 Å². The molecular weight excluding hydrogens is 270 g/mol. The second-order valence-corrected chi connectivity index (χ2v) is 5.86. The maximum absolute atomic E-state index is 6.23. The first-order chi connectivity index (χ1) is 9.83. The summed E-state index contributed by atoms with van der Waals surface area (Å²) in [4.78, 5) is 4.44. The van der Waals surface area contributed by atoms with Crippen LogP contribution < -0.4 is 5.32 Å². The van der Waals surface area contributed by atoms with Gasteiger partial charge in [-0.05, 0) is 24.5 Å². The topological polar surface area (TPSA) is 29.9 Å². The normalized spacial score (nSPS) is 16.2. The van der Waals surface area contributed by atoms with Crippen LogP contribution in [-0.4, -0.2) is 15.6 Å². The summed E-state index contributed by atoms with van der Waals surface area (Å²) in [6.07, 6.45) is 10.4. The number of benzene rings is 1. The molecule has 1 fully saturated rings. The van der Waals surface area contributed by atoms with E-state index in [1.165, 1.54) is 32.1 Å². The standard InChI is InChI=1S/C16H20ClN3/c17-15-9-5-4-6-13(15)12-20-11-10-18-16(20)19-14-7-2-1-3-8-14/h4-6,9-11,14H,1-3,7-8,12H2,(H,18,19). The van der Waals surface area contributed by atoms with Gasteiger partial charge in [0, 0.05) is 23.5 Å². The number of hydrogen-bond donors (Lipinski definition) is 1. The van der Waals surface area contributed by atoms with Gasteiger partial charge in [-0.15, -0.1) is 0 Å². The number of halogens is 1. The van der Waals surface area contributed by atoms with Gasteiger partial charge in [0.2, 0.25) is 5.95 Å². The van der Waals surface area contributed by atoms with Crippen molar-refractivity contribution in [3.05, 3.63) is 47.2 Å². The third kappa shape index (κ3) is 3.15. The molecule has 1 heterocycles. The quantitative estimate of drug-likeness (QED) is 0.908. The Kier molecular flexibility index (Phi) is 4.26. The van der Waals surface area contributed by atoms with Crippen molar-refractivity contribution >= 4 is 17.5 Å². The van der Waals surface area contributed by atoms with Crippen LogP contribution in [0.25, 0.3) is 0 Å². The van der Waals surface area contributed by atoms with Crippen LogP contribution in [0.15, 0.2) is 36.7 Å². The highest BCUT2D eigenvalue weighted by atomic mass is 35.5. The van der Waals surface area contributed by atoms with Gasteiger partial charge in [-0.1, -0.05) is 49.1 Å². The molecule has 0 unspecified atom stereocenters. The zero-order valence-corrected chi connectivity index (χ0v) is 12.3. The van der Waals surface area contributed by atoms with Crippen LogP contribution in [0.1, 0.15) is 37.7 Å². The summed E-state index contributed by atoms with van der Waals surface area (Å²) in [5.41, 5.74) is 1.12. The second-order valence-electron chi connectivity index (χ2n) is 5.45. The molecule has 0 bridgehead atoms. The third-order valence-electron chi connectivity index (χ3n) is 3.95. The first-order valence-corrected chi connectivity index (χ1v) is 7.72. The third-order valence-corrected chi connectivity index (χ3v) is 4.32. The van der Waals surface area contributed by atoms with Crippen LogP contribution >= 0.6 is 11.6 Å². The van der Waals surface area contributed by atoms with Crippen LogP contribution in [-0.2, 0) is 6.54 Å². The van der Waals surface area contributed by atoms with E-state index in [4.69, 9.17) is 11.6 Å². The average Bonchev–Trinajstić information content (AvgIpc) is 2.90. The molecule has 20 heavy (non-hydrogen) atoms. The zero-order chi connectivity index (χ0) is 13.8. The van der Waals surface area contributed by atoms with Gasteiger partial charge in [-0.25, -0.2) is 4.98 Å². The van der Waals surface area contributed by atoms with Gasteiger partial charge in [0.05, 0.1) is 6.54 Å². The molecule has 2 aromatic rings. The molecule has 1 aliphatic rings. The first-order valence-electron chi connectivity index (χ1n) is 7.34. The van der Waals surface area contributed by atoms with Gasteiger partial charge in [0.15, 0.2) is 0 Å². The Morgan fingerprint density at radius 3 is 2.80 bits per heavy atom. The molecule has 0 saturated heterocycles. The monoisotopic (exact) mass is 289 g/mol. The molecule has 0 spiro atoms. The lowest BCUT2D eigenvalue weighted by Gasteiger charge is -2.23. The summed E-state index contributed by atoms with van der Waals surface area (Å²) in [6.45, 7) is 0.759. The molecule has 0 radical (unpaired) electrons. The smallest absolute Gasteiger partial charge is 0.203 e. The largest absolute Gasteiger partial charge is 0.353 e. The van der Waals surface area contributed by atoms with Gasteiger partial charge >= 0.3 is 0 Å². The Labute approximate surface area is 125 Å². The lowest BCUT2D eigenvalue weighted by molar-refractivity contribution is 0.459. The summed E-state index contributed by atoms with van der Waals surface area (Å²) in [7, 11) is 0. The molecule has 1 aromatic carbocycles. The van der Waals surface area contributed by atoms with Crippen molar-refractivity contribution in [3.63, 3.8) is 0 Å². The Morgan fingerprint density at radius 1 is 1.20 bits per heavy atom. The number of anilines is 1. The van der Waals surface area contributed by atoms with E-state index < -0.39 is 0 Å². The van der Waals surface area contributed by atoms with Crippen molar-refractivity contribution in [2.45, 2.75) is 44.7 Å². The molecule has 0 amide bonds. The number of imidazole rings is 1. The summed E-state index contributed by atoms with van der Waals surface area (Å²) in [5.74, 6) is 0.955. The lowest BCUT2D eigenvalue weighted by Crippen LogP contribution is -2.24. The van der Waals surface area contributed by atoms with E-state index in [0.29, 0.717) is 6.04 Å². The average molecular weight is 290 g/mol. The molecule has 4 heteroatoms. The van der Waals surface area contributed by atoms with Crippen LogP contribution in [0.5, 0.6) is 0 Å². The van der Waals surface area contributed by atoms with Gasteiger partial charge in [-0.2, -0.15) is 0 Å². The zero-order valence-electron chi connectivity index (χ0n) is 11.6. The molecule has 1 saturated carbocycles. The molecule has 3 rings (SSSR count). The van der Waals surface area contributed by atoms with Gasteiger partial charge < -0.3 is 9.88 Å². The van der Waals surface area contributed by atoms with Gasteiger partial charge in [0.25, 0.3) is 0 Å². The molecule has 1 aromatic heterocycles. The Balaban J connectivity index is 1.71. The molecular formula is C16H20ClN3. The Bertz CT molecular complexity index is 558. The van der Waals surface area contributed by atoms with E-state index in [-0.39, 0.29) is 0 Å². The number of nitrogens with one attached hydrogen (secondary N) is 1. The highest BCUT2D eigenvalue weighted by molar-refractivity contribution is 6.31. The summed E-state index contributed by atoms with van der Waals surface area (Å²) in [5, 5.41) is 4.39. The highest BCUT2D eigenvalue weighted by Gasteiger charge is 2.15. The SMILES string of the molecule is Clc1ccccc1Cn1ccnc1NC1CCCCC1. The summed E-state index contributed by atoms with van der Waals surface area (Å²) >= 11 is 6.23. The van der Waals surface area contributed by atoms with Crippen molar-refractivity contribution in [1.82, 2.24) is 9.55 Å². The predicted molar refractivity (Wildman–Crippen MR) is 83.3 cm³/mol. The Morgan fingerprint density at radius 2 is 2.00 bits per heavy atom. The maximum Gasteiger partial charge on any atom is 0.203 e. The van der Waals surface area contributed by atoms with Crippen molar-refractivity contribution < 1.29 is 0 Å². The Hall–Kier alpha value is -1.48. The second kappa shape index (κ2) is 6.31. The van der Waals surface area contributed by atoms with E-state index in [2.05, 4.69) is 20.9 Å². The van der Waals surface area contributed by atoms with Crippen LogP contribution in [0.4, 0.5) is 5.95 Å². The van der Waals surface area contributed by atoms with Crippen molar-refractivity contribution in [2.24, 2.45) is 0 Å².